The van der Waals surface area contributed by atoms with Gasteiger partial charge in [-0.25, -0.2) is 22.7 Å². The van der Waals surface area contributed by atoms with Crippen LogP contribution in [0.4, 0.5) is 0 Å². The zero-order valence-electron chi connectivity index (χ0n) is 17.0. The molecule has 0 amide bonds. The Balaban J connectivity index is 1.75. The minimum atomic E-state index is -3.98. The highest BCUT2D eigenvalue weighted by molar-refractivity contribution is 7.89. The third kappa shape index (κ3) is 5.24. The molecule has 0 aliphatic carbocycles. The van der Waals surface area contributed by atoms with Crippen molar-refractivity contribution in [1.29, 1.82) is 0 Å². The minimum Gasteiger partial charge on any atom is -0.456 e. The number of hydrogen-bond acceptors (Lipinski definition) is 7. The van der Waals surface area contributed by atoms with Crippen molar-refractivity contribution in [3.8, 4) is 0 Å². The van der Waals surface area contributed by atoms with Crippen LogP contribution in [-0.4, -0.2) is 42.8 Å². The van der Waals surface area contributed by atoms with E-state index in [9.17, 15) is 22.8 Å². The number of nitrogens with zero attached hydrogens (tertiary/aromatic N) is 2. The maximum atomic E-state index is 12.6. The Morgan fingerprint density at radius 2 is 2.00 bits per heavy atom. The van der Waals surface area contributed by atoms with Crippen molar-refractivity contribution in [3.63, 3.8) is 0 Å². The van der Waals surface area contributed by atoms with Crippen LogP contribution in [0.3, 0.4) is 0 Å². The maximum absolute atomic E-state index is 12.6. The van der Waals surface area contributed by atoms with Crippen LogP contribution in [0, 0.1) is 0 Å². The van der Waals surface area contributed by atoms with Gasteiger partial charge in [-0.05, 0) is 31.0 Å². The van der Waals surface area contributed by atoms with E-state index in [1.165, 1.54) is 36.9 Å². The van der Waals surface area contributed by atoms with Gasteiger partial charge in [-0.3, -0.25) is 13.9 Å². The van der Waals surface area contributed by atoms with Crippen LogP contribution >= 0.6 is 11.6 Å². The van der Waals surface area contributed by atoms with Gasteiger partial charge in [0.05, 0.1) is 22.4 Å². The molecule has 0 bridgehead atoms. The molecule has 0 radical (unpaired) electrons. The molecular weight excluding hydrogens is 450 g/mol. The number of nitrogens with one attached hydrogen (secondary N) is 1. The van der Waals surface area contributed by atoms with Crippen LogP contribution in [-0.2, 0) is 40.2 Å². The van der Waals surface area contributed by atoms with Crippen LogP contribution in [0.1, 0.15) is 28.9 Å². The Bertz CT molecular complexity index is 1210. The van der Waals surface area contributed by atoms with E-state index in [0.29, 0.717) is 6.61 Å². The van der Waals surface area contributed by atoms with Crippen LogP contribution in [0.2, 0.25) is 5.02 Å². The Morgan fingerprint density at radius 1 is 1.26 bits per heavy atom. The first-order valence-corrected chi connectivity index (χ1v) is 11.3. The lowest BCUT2D eigenvalue weighted by Gasteiger charge is -2.13. The van der Waals surface area contributed by atoms with E-state index in [2.05, 4.69) is 4.72 Å². The largest absolute Gasteiger partial charge is 0.456 e. The lowest BCUT2D eigenvalue weighted by atomic mass is 10.2. The summed E-state index contributed by atoms with van der Waals surface area (Å²) < 4.78 is 40.4. The van der Waals surface area contributed by atoms with Gasteiger partial charge < -0.3 is 9.47 Å². The third-order valence-electron chi connectivity index (χ3n) is 4.96. The van der Waals surface area contributed by atoms with Crippen molar-refractivity contribution in [2.45, 2.75) is 30.4 Å². The van der Waals surface area contributed by atoms with Crippen LogP contribution in [0.5, 0.6) is 0 Å². The molecule has 0 unspecified atom stereocenters. The number of benzene rings is 1. The lowest BCUT2D eigenvalue weighted by Crippen LogP contribution is -2.38. The number of halogens is 1. The molecule has 0 saturated carbocycles. The van der Waals surface area contributed by atoms with Crippen molar-refractivity contribution >= 4 is 27.6 Å². The number of rotatable bonds is 7. The van der Waals surface area contributed by atoms with Gasteiger partial charge >= 0.3 is 11.7 Å². The molecule has 1 aromatic carbocycles. The van der Waals surface area contributed by atoms with Crippen LogP contribution in [0.25, 0.3) is 0 Å². The Labute approximate surface area is 183 Å². The Morgan fingerprint density at radius 3 is 2.68 bits per heavy atom. The fraction of sp³-hybridized carbons (Fsp3) is 0.421. The molecule has 1 aliphatic heterocycles. The molecule has 0 spiro atoms. The molecule has 10 nitrogen and oxygen atoms in total. The number of esters is 1. The molecule has 1 N–H and O–H groups in total. The smallest absolute Gasteiger partial charge is 0.338 e. The van der Waals surface area contributed by atoms with Crippen molar-refractivity contribution in [3.05, 3.63) is 61.4 Å². The number of carbonyl (C=O) groups is 1. The third-order valence-corrected chi connectivity index (χ3v) is 6.86. The van der Waals surface area contributed by atoms with Crippen molar-refractivity contribution in [2.24, 2.45) is 14.1 Å². The molecular formula is C19H22ClN3O7S. The Hall–Kier alpha value is -2.47. The zero-order chi connectivity index (χ0) is 22.8. The van der Waals surface area contributed by atoms with Gasteiger partial charge in [0.15, 0.2) is 0 Å². The molecule has 1 aromatic heterocycles. The number of aromatic nitrogens is 2. The SMILES string of the molecule is Cn1c(COC(=O)c2ccc(Cl)c(S(=O)(=O)NC[C@H]3CCCO3)c2)cc(=O)n(C)c1=O. The standard InChI is InChI=1S/C19H22ClN3O7S/c1-22-13(9-17(24)23(2)19(22)26)11-30-18(25)12-5-6-15(20)16(8-12)31(27,28)21-10-14-4-3-7-29-14/h5-6,8-9,14,21H,3-4,7,10-11H2,1-2H3/t14-/m1/s1. The summed E-state index contributed by atoms with van der Waals surface area (Å²) in [5.74, 6) is -0.833. The highest BCUT2D eigenvalue weighted by Gasteiger charge is 2.24. The van der Waals surface area contributed by atoms with E-state index in [0.717, 1.165) is 23.5 Å². The summed E-state index contributed by atoms with van der Waals surface area (Å²) in [7, 11) is -1.21. The molecule has 1 saturated heterocycles. The summed E-state index contributed by atoms with van der Waals surface area (Å²) in [6.07, 6.45) is 1.42. The summed E-state index contributed by atoms with van der Waals surface area (Å²) in [5.41, 5.74) is -0.945. The van der Waals surface area contributed by atoms with Gasteiger partial charge in [-0.1, -0.05) is 11.6 Å². The monoisotopic (exact) mass is 471 g/mol. The number of ether oxygens (including phenoxy) is 2. The van der Waals surface area contributed by atoms with Crippen LogP contribution in [0.15, 0.2) is 38.8 Å². The molecule has 1 aliphatic rings. The van der Waals surface area contributed by atoms with E-state index in [1.807, 2.05) is 0 Å². The average molecular weight is 472 g/mol. The summed E-state index contributed by atoms with van der Waals surface area (Å²) in [6, 6.07) is 4.91. The maximum Gasteiger partial charge on any atom is 0.338 e. The second-order valence-electron chi connectivity index (χ2n) is 7.08. The van der Waals surface area contributed by atoms with E-state index in [-0.39, 0.29) is 40.4 Å². The van der Waals surface area contributed by atoms with Gasteiger partial charge in [-0.15, -0.1) is 0 Å². The summed E-state index contributed by atoms with van der Waals surface area (Å²) in [5, 5.41) is -0.0506. The van der Waals surface area contributed by atoms with Gasteiger partial charge in [0.25, 0.3) is 5.56 Å². The number of sulfonamides is 1. The number of hydrogen-bond donors (Lipinski definition) is 1. The molecule has 2 heterocycles. The first-order chi connectivity index (χ1) is 14.6. The van der Waals surface area contributed by atoms with Gasteiger partial charge in [0.1, 0.15) is 11.5 Å². The van der Waals surface area contributed by atoms with Crippen molar-refractivity contribution in [2.75, 3.05) is 13.2 Å². The second-order valence-corrected chi connectivity index (χ2v) is 9.23. The minimum absolute atomic E-state index is 0.0456. The first-order valence-electron chi connectivity index (χ1n) is 9.44. The van der Waals surface area contributed by atoms with E-state index in [4.69, 9.17) is 21.1 Å². The predicted molar refractivity (Wildman–Crippen MR) is 112 cm³/mol. The van der Waals surface area contributed by atoms with Crippen molar-refractivity contribution in [1.82, 2.24) is 13.9 Å². The molecule has 31 heavy (non-hydrogen) atoms. The quantitative estimate of drug-likeness (QED) is 0.584. The van der Waals surface area contributed by atoms with Gasteiger partial charge in [0, 0.05) is 33.3 Å². The highest BCUT2D eigenvalue weighted by atomic mass is 35.5. The highest BCUT2D eigenvalue weighted by Crippen LogP contribution is 2.23. The number of carbonyl (C=O) groups excluding carboxylic acids is 1. The molecule has 1 fully saturated rings. The van der Waals surface area contributed by atoms with Gasteiger partial charge in [-0.2, -0.15) is 0 Å². The molecule has 168 valence electrons. The van der Waals surface area contributed by atoms with E-state index < -0.39 is 27.2 Å². The normalized spacial score (nSPS) is 16.4. The summed E-state index contributed by atoms with van der Waals surface area (Å²) in [4.78, 5) is 35.9. The first kappa shape index (κ1) is 23.2. The van der Waals surface area contributed by atoms with Crippen molar-refractivity contribution < 1.29 is 22.7 Å². The zero-order valence-corrected chi connectivity index (χ0v) is 18.5. The van der Waals surface area contributed by atoms with E-state index in [1.54, 1.807) is 0 Å². The molecule has 3 rings (SSSR count). The van der Waals surface area contributed by atoms with E-state index >= 15 is 0 Å². The summed E-state index contributed by atoms with van der Waals surface area (Å²) >= 11 is 6.05. The fourth-order valence-electron chi connectivity index (χ4n) is 3.06. The second kappa shape index (κ2) is 9.35. The predicted octanol–water partition coefficient (Wildman–Crippen LogP) is 0.552. The lowest BCUT2D eigenvalue weighted by molar-refractivity contribution is 0.0462. The fourth-order valence-corrected chi connectivity index (χ4v) is 4.65. The van der Waals surface area contributed by atoms with Crippen LogP contribution < -0.4 is 16.0 Å². The van der Waals surface area contributed by atoms with Gasteiger partial charge in [0.2, 0.25) is 10.0 Å². The average Bonchev–Trinajstić information content (AvgIpc) is 3.26. The Kier molecular flexibility index (Phi) is 6.99. The topological polar surface area (TPSA) is 126 Å². The summed E-state index contributed by atoms with van der Waals surface area (Å²) in [6.45, 7) is 0.348. The molecule has 2 aromatic rings. The molecule has 1 atom stereocenters. The molecule has 12 heteroatoms.